The van der Waals surface area contributed by atoms with E-state index in [0.29, 0.717) is 17.5 Å². The van der Waals surface area contributed by atoms with Crippen LogP contribution in [-0.4, -0.2) is 12.2 Å². The lowest BCUT2D eigenvalue weighted by Crippen LogP contribution is -2.05. The maximum absolute atomic E-state index is 14.0. The van der Waals surface area contributed by atoms with Crippen molar-refractivity contribution in [2.24, 2.45) is 0 Å². The van der Waals surface area contributed by atoms with Crippen LogP contribution in [-0.2, 0) is 12.8 Å². The van der Waals surface area contributed by atoms with E-state index in [1.165, 1.54) is 7.11 Å². The lowest BCUT2D eigenvalue weighted by Gasteiger charge is -2.12. The van der Waals surface area contributed by atoms with Gasteiger partial charge in [-0.05, 0) is 17.7 Å². The number of aliphatic hydroxyl groups excluding tert-OH is 1. The zero-order chi connectivity index (χ0) is 13.8. The molecule has 1 unspecified atom stereocenters. The van der Waals surface area contributed by atoms with Crippen LogP contribution in [0.3, 0.4) is 0 Å². The average Bonchev–Trinajstić information content (AvgIpc) is 2.89. The third kappa shape index (κ3) is 2.79. The second-order valence-corrected chi connectivity index (χ2v) is 4.31. The molecule has 2 rings (SSSR count). The van der Waals surface area contributed by atoms with Crippen molar-refractivity contribution in [1.82, 2.24) is 0 Å². The highest BCUT2D eigenvalue weighted by atomic mass is 19.1. The van der Waals surface area contributed by atoms with Gasteiger partial charge in [-0.2, -0.15) is 0 Å². The molecule has 0 saturated carbocycles. The van der Waals surface area contributed by atoms with Crippen molar-refractivity contribution >= 4 is 0 Å². The third-order valence-corrected chi connectivity index (χ3v) is 3.14. The Kier molecular flexibility index (Phi) is 4.22. The SMILES string of the molecule is CCc1occc1C(O)Cc1cccc(OC)c1F. The lowest BCUT2D eigenvalue weighted by atomic mass is 10.0. The van der Waals surface area contributed by atoms with Gasteiger partial charge in [0.25, 0.3) is 0 Å². The molecule has 3 nitrogen and oxygen atoms in total. The molecule has 0 radical (unpaired) electrons. The summed E-state index contributed by atoms with van der Waals surface area (Å²) >= 11 is 0. The summed E-state index contributed by atoms with van der Waals surface area (Å²) in [5.41, 5.74) is 1.14. The van der Waals surface area contributed by atoms with Crippen LogP contribution in [0.1, 0.15) is 29.9 Å². The Hall–Kier alpha value is -1.81. The van der Waals surface area contributed by atoms with Crippen molar-refractivity contribution in [2.75, 3.05) is 7.11 Å². The Morgan fingerprint density at radius 1 is 1.37 bits per heavy atom. The van der Waals surface area contributed by atoms with E-state index in [-0.39, 0.29) is 12.2 Å². The fourth-order valence-electron chi connectivity index (χ4n) is 2.12. The van der Waals surface area contributed by atoms with Crippen LogP contribution < -0.4 is 4.74 Å². The van der Waals surface area contributed by atoms with Crippen LogP contribution in [0.25, 0.3) is 0 Å². The van der Waals surface area contributed by atoms with Gasteiger partial charge < -0.3 is 14.3 Å². The minimum absolute atomic E-state index is 0.188. The van der Waals surface area contributed by atoms with Gasteiger partial charge in [0, 0.05) is 18.4 Å². The Labute approximate surface area is 111 Å². The van der Waals surface area contributed by atoms with Crippen LogP contribution in [0, 0.1) is 5.82 Å². The van der Waals surface area contributed by atoms with Crippen molar-refractivity contribution in [3.05, 3.63) is 53.2 Å². The van der Waals surface area contributed by atoms with Gasteiger partial charge in [0.15, 0.2) is 11.6 Å². The van der Waals surface area contributed by atoms with Gasteiger partial charge >= 0.3 is 0 Å². The molecule has 102 valence electrons. The smallest absolute Gasteiger partial charge is 0.168 e. The van der Waals surface area contributed by atoms with Crippen LogP contribution >= 0.6 is 0 Å². The van der Waals surface area contributed by atoms with E-state index in [1.807, 2.05) is 6.92 Å². The molecule has 4 heteroatoms. The molecule has 0 fully saturated rings. The van der Waals surface area contributed by atoms with Gasteiger partial charge in [-0.3, -0.25) is 0 Å². The molecule has 0 saturated heterocycles. The van der Waals surface area contributed by atoms with E-state index in [9.17, 15) is 9.50 Å². The van der Waals surface area contributed by atoms with Gasteiger partial charge in [-0.15, -0.1) is 0 Å². The van der Waals surface area contributed by atoms with Crippen molar-refractivity contribution in [1.29, 1.82) is 0 Å². The van der Waals surface area contributed by atoms with Gasteiger partial charge in [-0.1, -0.05) is 19.1 Å². The summed E-state index contributed by atoms with van der Waals surface area (Å²) in [6.07, 6.45) is 1.64. The number of rotatable bonds is 5. The number of methoxy groups -OCH3 is 1. The first-order chi connectivity index (χ1) is 9.17. The van der Waals surface area contributed by atoms with Crippen LogP contribution in [0.4, 0.5) is 4.39 Å². The molecule has 0 aliphatic heterocycles. The minimum Gasteiger partial charge on any atom is -0.494 e. The van der Waals surface area contributed by atoms with Gasteiger partial charge in [0.2, 0.25) is 0 Å². The number of hydrogen-bond donors (Lipinski definition) is 1. The van der Waals surface area contributed by atoms with E-state index in [1.54, 1.807) is 30.5 Å². The van der Waals surface area contributed by atoms with Gasteiger partial charge in [-0.25, -0.2) is 4.39 Å². The molecule has 0 aliphatic rings. The van der Waals surface area contributed by atoms with Crippen molar-refractivity contribution in [3.63, 3.8) is 0 Å². The minimum atomic E-state index is -0.782. The number of furan rings is 1. The maximum Gasteiger partial charge on any atom is 0.168 e. The fraction of sp³-hybridized carbons (Fsp3) is 0.333. The average molecular weight is 264 g/mol. The summed E-state index contributed by atoms with van der Waals surface area (Å²) in [6, 6.07) is 6.63. The van der Waals surface area contributed by atoms with E-state index >= 15 is 0 Å². The summed E-state index contributed by atoms with van der Waals surface area (Å²) < 4.78 is 24.2. The van der Waals surface area contributed by atoms with Crippen molar-refractivity contribution < 1.29 is 18.7 Å². The Morgan fingerprint density at radius 2 is 2.16 bits per heavy atom. The number of halogens is 1. The molecule has 1 N–H and O–H groups in total. The zero-order valence-corrected chi connectivity index (χ0v) is 11.0. The standard InChI is InChI=1S/C15H17FO3/c1-3-13-11(7-8-19-13)12(17)9-10-5-4-6-14(18-2)15(10)16/h4-8,12,17H,3,9H2,1-2H3. The molecule has 1 aromatic heterocycles. The molecule has 0 amide bonds. The molecular formula is C15H17FO3. The predicted molar refractivity (Wildman–Crippen MR) is 69.7 cm³/mol. The van der Waals surface area contributed by atoms with Crippen molar-refractivity contribution in [3.8, 4) is 5.75 Å². The third-order valence-electron chi connectivity index (χ3n) is 3.14. The molecule has 1 atom stereocenters. The highest BCUT2D eigenvalue weighted by Gasteiger charge is 2.18. The molecule has 19 heavy (non-hydrogen) atoms. The number of aliphatic hydroxyl groups is 1. The number of aryl methyl sites for hydroxylation is 1. The predicted octanol–water partition coefficient (Wildman–Crippen LogP) is 3.27. The van der Waals surface area contributed by atoms with E-state index < -0.39 is 11.9 Å². The lowest BCUT2D eigenvalue weighted by molar-refractivity contribution is 0.174. The quantitative estimate of drug-likeness (QED) is 0.901. The van der Waals surface area contributed by atoms with Gasteiger partial charge in [0.05, 0.1) is 19.5 Å². The molecular weight excluding hydrogens is 247 g/mol. The van der Waals surface area contributed by atoms with E-state index in [4.69, 9.17) is 9.15 Å². The monoisotopic (exact) mass is 264 g/mol. The molecule has 1 heterocycles. The van der Waals surface area contributed by atoms with Crippen molar-refractivity contribution in [2.45, 2.75) is 25.9 Å². The summed E-state index contributed by atoms with van der Waals surface area (Å²) in [5, 5.41) is 10.2. The molecule has 0 spiro atoms. The normalized spacial score (nSPS) is 12.4. The van der Waals surface area contributed by atoms with E-state index in [2.05, 4.69) is 0 Å². The maximum atomic E-state index is 14.0. The molecule has 1 aromatic carbocycles. The molecule has 0 bridgehead atoms. The second-order valence-electron chi connectivity index (χ2n) is 4.31. The largest absolute Gasteiger partial charge is 0.494 e. The first-order valence-corrected chi connectivity index (χ1v) is 6.23. The molecule has 2 aromatic rings. The topological polar surface area (TPSA) is 42.6 Å². The summed E-state index contributed by atoms with van der Waals surface area (Å²) in [5.74, 6) is 0.494. The first-order valence-electron chi connectivity index (χ1n) is 6.23. The Balaban J connectivity index is 2.22. The zero-order valence-electron chi connectivity index (χ0n) is 11.0. The number of hydrogen-bond acceptors (Lipinski definition) is 3. The summed E-state index contributed by atoms with van der Waals surface area (Å²) in [4.78, 5) is 0. The van der Waals surface area contributed by atoms with Crippen LogP contribution in [0.15, 0.2) is 34.9 Å². The summed E-state index contributed by atoms with van der Waals surface area (Å²) in [6.45, 7) is 1.95. The second kappa shape index (κ2) is 5.89. The van der Waals surface area contributed by atoms with E-state index in [0.717, 1.165) is 5.76 Å². The first kappa shape index (κ1) is 13.6. The highest BCUT2D eigenvalue weighted by molar-refractivity contribution is 5.32. The number of benzene rings is 1. The Morgan fingerprint density at radius 3 is 2.84 bits per heavy atom. The number of ether oxygens (including phenoxy) is 1. The highest BCUT2D eigenvalue weighted by Crippen LogP contribution is 2.27. The van der Waals surface area contributed by atoms with Crippen LogP contribution in [0.5, 0.6) is 5.75 Å². The molecule has 0 aliphatic carbocycles. The van der Waals surface area contributed by atoms with Gasteiger partial charge in [0.1, 0.15) is 5.76 Å². The summed E-state index contributed by atoms with van der Waals surface area (Å²) in [7, 11) is 1.42. The van der Waals surface area contributed by atoms with Crippen LogP contribution in [0.2, 0.25) is 0 Å². The Bertz CT molecular complexity index is 548. The fourth-order valence-corrected chi connectivity index (χ4v) is 2.12.